The zero-order valence-electron chi connectivity index (χ0n) is 11.2. The fraction of sp³-hybridized carbons (Fsp3) is 0.467. The van der Waals surface area contributed by atoms with Crippen molar-refractivity contribution in [1.82, 2.24) is 4.90 Å². The summed E-state index contributed by atoms with van der Waals surface area (Å²) in [6.45, 7) is 1.39. The number of carboxylic acid groups (broad SMARTS) is 1. The van der Waals surface area contributed by atoms with Crippen molar-refractivity contribution in [3.63, 3.8) is 0 Å². The van der Waals surface area contributed by atoms with Gasteiger partial charge in [-0.05, 0) is 49.4 Å². The number of hydrogen-bond acceptors (Lipinski definition) is 2. The quantitative estimate of drug-likeness (QED) is 0.929. The first-order valence-electron chi connectivity index (χ1n) is 6.83. The molecule has 20 heavy (non-hydrogen) atoms. The highest BCUT2D eigenvalue weighted by atomic mass is 35.5. The number of hydrogen-bond donors (Lipinski definition) is 1. The smallest absolute Gasteiger partial charge is 0.303 e. The topological polar surface area (TPSA) is 57.6 Å². The van der Waals surface area contributed by atoms with E-state index in [-0.39, 0.29) is 18.2 Å². The first-order chi connectivity index (χ1) is 9.56. The van der Waals surface area contributed by atoms with Crippen LogP contribution in [0.15, 0.2) is 24.3 Å². The molecule has 4 nitrogen and oxygen atoms in total. The molecular weight excluding hydrogens is 278 g/mol. The number of halogens is 1. The molecule has 1 unspecified atom stereocenters. The summed E-state index contributed by atoms with van der Waals surface area (Å²) in [4.78, 5) is 24.8. The third kappa shape index (κ3) is 3.97. The van der Waals surface area contributed by atoms with Crippen LogP contribution in [0.4, 0.5) is 0 Å². The van der Waals surface area contributed by atoms with Crippen LogP contribution in [0.2, 0.25) is 5.02 Å². The van der Waals surface area contributed by atoms with E-state index < -0.39 is 5.97 Å². The van der Waals surface area contributed by atoms with Gasteiger partial charge in [-0.3, -0.25) is 9.59 Å². The fourth-order valence-corrected chi connectivity index (χ4v) is 2.71. The number of amides is 1. The van der Waals surface area contributed by atoms with Crippen molar-refractivity contribution in [2.24, 2.45) is 5.92 Å². The van der Waals surface area contributed by atoms with Crippen LogP contribution in [0.5, 0.6) is 0 Å². The average Bonchev–Trinajstić information content (AvgIpc) is 2.45. The highest BCUT2D eigenvalue weighted by Gasteiger charge is 2.24. The summed E-state index contributed by atoms with van der Waals surface area (Å²) in [5.74, 6) is -0.482. The van der Waals surface area contributed by atoms with Gasteiger partial charge in [-0.15, -0.1) is 0 Å². The lowest BCUT2D eigenvalue weighted by Crippen LogP contribution is -2.40. The Hall–Kier alpha value is -1.55. The second-order valence-electron chi connectivity index (χ2n) is 5.20. The molecule has 0 spiro atoms. The summed E-state index contributed by atoms with van der Waals surface area (Å²) >= 11 is 5.82. The number of likely N-dealkylation sites (tertiary alicyclic amines) is 1. The van der Waals surface area contributed by atoms with Crippen LogP contribution in [0, 0.1) is 5.92 Å². The predicted octanol–water partition coefficient (Wildman–Crippen LogP) is 3.06. The van der Waals surface area contributed by atoms with Crippen molar-refractivity contribution in [2.75, 3.05) is 13.1 Å². The number of benzene rings is 1. The minimum atomic E-state index is -0.772. The number of rotatable bonds is 4. The first-order valence-corrected chi connectivity index (χ1v) is 7.20. The van der Waals surface area contributed by atoms with Gasteiger partial charge in [0.05, 0.1) is 0 Å². The molecule has 1 saturated heterocycles. The Kier molecular flexibility index (Phi) is 5.01. The standard InChI is InChI=1S/C15H18ClNO3/c16-13-6-4-12(5-7-13)15(20)17-9-1-2-11(10-17)3-8-14(18)19/h4-7,11H,1-3,8-10H2,(H,18,19). The molecule has 1 aliphatic heterocycles. The van der Waals surface area contributed by atoms with Crippen molar-refractivity contribution in [3.05, 3.63) is 34.9 Å². The van der Waals surface area contributed by atoms with Crippen LogP contribution in [-0.4, -0.2) is 35.0 Å². The van der Waals surface area contributed by atoms with Crippen LogP contribution in [0.3, 0.4) is 0 Å². The van der Waals surface area contributed by atoms with Crippen LogP contribution < -0.4 is 0 Å². The average molecular weight is 296 g/mol. The van der Waals surface area contributed by atoms with Gasteiger partial charge in [-0.1, -0.05) is 11.6 Å². The highest BCUT2D eigenvalue weighted by Crippen LogP contribution is 2.22. The lowest BCUT2D eigenvalue weighted by molar-refractivity contribution is -0.137. The van der Waals surface area contributed by atoms with E-state index in [9.17, 15) is 9.59 Å². The molecule has 1 atom stereocenters. The Bertz CT molecular complexity index is 486. The predicted molar refractivity (Wildman–Crippen MR) is 76.9 cm³/mol. The molecule has 0 aliphatic carbocycles. The van der Waals surface area contributed by atoms with E-state index in [1.165, 1.54) is 0 Å². The largest absolute Gasteiger partial charge is 0.481 e. The van der Waals surface area contributed by atoms with E-state index in [4.69, 9.17) is 16.7 Å². The lowest BCUT2D eigenvalue weighted by Gasteiger charge is -2.32. The molecule has 0 saturated carbocycles. The number of carbonyl (C=O) groups is 2. The summed E-state index contributed by atoms with van der Waals surface area (Å²) in [5, 5.41) is 9.34. The Morgan fingerprint density at radius 3 is 2.65 bits per heavy atom. The van der Waals surface area contributed by atoms with E-state index in [1.54, 1.807) is 24.3 Å². The maximum atomic E-state index is 12.4. The van der Waals surface area contributed by atoms with Gasteiger partial charge in [0.1, 0.15) is 0 Å². The summed E-state index contributed by atoms with van der Waals surface area (Å²) < 4.78 is 0. The van der Waals surface area contributed by atoms with Crippen LogP contribution in [0.1, 0.15) is 36.0 Å². The van der Waals surface area contributed by atoms with Crippen molar-refractivity contribution in [2.45, 2.75) is 25.7 Å². The van der Waals surface area contributed by atoms with Crippen molar-refractivity contribution in [3.8, 4) is 0 Å². The van der Waals surface area contributed by atoms with Gasteiger partial charge >= 0.3 is 5.97 Å². The number of carbonyl (C=O) groups excluding carboxylic acids is 1. The van der Waals surface area contributed by atoms with Gasteiger partial charge in [0.2, 0.25) is 0 Å². The zero-order valence-corrected chi connectivity index (χ0v) is 12.0. The molecular formula is C15H18ClNO3. The molecule has 0 aromatic heterocycles. The SMILES string of the molecule is O=C(O)CCC1CCCN(C(=O)c2ccc(Cl)cc2)C1. The summed E-state index contributed by atoms with van der Waals surface area (Å²) in [6.07, 6.45) is 2.74. The van der Waals surface area contributed by atoms with E-state index in [1.807, 2.05) is 4.90 Å². The molecule has 1 amide bonds. The fourth-order valence-electron chi connectivity index (χ4n) is 2.59. The molecule has 2 rings (SSSR count). The lowest BCUT2D eigenvalue weighted by atomic mass is 9.93. The van der Waals surface area contributed by atoms with E-state index in [2.05, 4.69) is 0 Å². The van der Waals surface area contributed by atoms with Crippen molar-refractivity contribution < 1.29 is 14.7 Å². The van der Waals surface area contributed by atoms with Crippen molar-refractivity contribution >= 4 is 23.5 Å². The second-order valence-corrected chi connectivity index (χ2v) is 5.64. The number of aliphatic carboxylic acids is 1. The van der Waals surface area contributed by atoms with Crippen LogP contribution in [0.25, 0.3) is 0 Å². The molecule has 5 heteroatoms. The molecule has 1 fully saturated rings. The minimum Gasteiger partial charge on any atom is -0.481 e. The van der Waals surface area contributed by atoms with Crippen LogP contribution in [-0.2, 0) is 4.79 Å². The van der Waals surface area contributed by atoms with Gasteiger partial charge in [-0.2, -0.15) is 0 Å². The van der Waals surface area contributed by atoms with Gasteiger partial charge in [0, 0.05) is 30.1 Å². The maximum absolute atomic E-state index is 12.4. The Labute approximate surface area is 123 Å². The van der Waals surface area contributed by atoms with Gasteiger partial charge in [-0.25, -0.2) is 0 Å². The van der Waals surface area contributed by atoms with Gasteiger partial charge in [0.25, 0.3) is 5.91 Å². The van der Waals surface area contributed by atoms with Crippen LogP contribution >= 0.6 is 11.6 Å². The maximum Gasteiger partial charge on any atom is 0.303 e. The molecule has 1 aliphatic rings. The number of carboxylic acids is 1. The normalized spacial score (nSPS) is 18.9. The molecule has 1 aromatic rings. The van der Waals surface area contributed by atoms with E-state index in [0.29, 0.717) is 23.6 Å². The Balaban J connectivity index is 1.96. The molecule has 1 N–H and O–H groups in total. The van der Waals surface area contributed by atoms with Gasteiger partial charge in [0.15, 0.2) is 0 Å². The molecule has 1 aromatic carbocycles. The Morgan fingerprint density at radius 2 is 2.00 bits per heavy atom. The second kappa shape index (κ2) is 6.75. The molecule has 0 radical (unpaired) electrons. The monoisotopic (exact) mass is 295 g/mol. The van der Waals surface area contributed by atoms with E-state index in [0.717, 1.165) is 19.4 Å². The molecule has 0 bridgehead atoms. The third-order valence-corrected chi connectivity index (χ3v) is 3.92. The number of piperidine rings is 1. The number of nitrogens with zero attached hydrogens (tertiary/aromatic N) is 1. The third-order valence-electron chi connectivity index (χ3n) is 3.66. The summed E-state index contributed by atoms with van der Waals surface area (Å²) in [5.41, 5.74) is 0.633. The Morgan fingerprint density at radius 1 is 1.30 bits per heavy atom. The van der Waals surface area contributed by atoms with Crippen molar-refractivity contribution in [1.29, 1.82) is 0 Å². The van der Waals surface area contributed by atoms with Gasteiger partial charge < -0.3 is 10.0 Å². The van der Waals surface area contributed by atoms with E-state index >= 15 is 0 Å². The first kappa shape index (κ1) is 14.9. The minimum absolute atomic E-state index is 0.00157. The highest BCUT2D eigenvalue weighted by molar-refractivity contribution is 6.30. The zero-order chi connectivity index (χ0) is 14.5. The summed E-state index contributed by atoms with van der Waals surface area (Å²) in [7, 11) is 0. The summed E-state index contributed by atoms with van der Waals surface area (Å²) in [6, 6.07) is 6.87. The molecule has 108 valence electrons. The molecule has 1 heterocycles.